The van der Waals surface area contributed by atoms with Crippen LogP contribution in [-0.2, 0) is 19.5 Å². The van der Waals surface area contributed by atoms with E-state index in [0.717, 1.165) is 48.0 Å². The third-order valence-corrected chi connectivity index (χ3v) is 3.58. The summed E-state index contributed by atoms with van der Waals surface area (Å²) in [5.74, 6) is 0.786. The number of nitrogens with zero attached hydrogens (tertiary/aromatic N) is 2. The maximum absolute atomic E-state index is 6.05. The average molecular weight is 274 g/mol. The van der Waals surface area contributed by atoms with Crippen molar-refractivity contribution in [2.24, 2.45) is 0 Å². The number of benzene rings is 1. The first-order valence-electron chi connectivity index (χ1n) is 6.63. The molecule has 0 amide bonds. The van der Waals surface area contributed by atoms with E-state index in [1.54, 1.807) is 0 Å². The molecule has 0 radical (unpaired) electrons. The summed E-state index contributed by atoms with van der Waals surface area (Å²) in [5.41, 5.74) is 4.58. The van der Waals surface area contributed by atoms with Crippen LogP contribution in [0.25, 0.3) is 11.4 Å². The Morgan fingerprint density at radius 1 is 1.26 bits per heavy atom. The largest absolute Gasteiger partial charge is 0.307 e. The van der Waals surface area contributed by atoms with E-state index in [1.165, 1.54) is 11.3 Å². The molecule has 4 heteroatoms. The summed E-state index contributed by atoms with van der Waals surface area (Å²) in [6.45, 7) is 3.90. The van der Waals surface area contributed by atoms with Crippen LogP contribution in [0.1, 0.15) is 30.3 Å². The van der Waals surface area contributed by atoms with Gasteiger partial charge >= 0.3 is 0 Å². The molecule has 19 heavy (non-hydrogen) atoms. The molecule has 3 rings (SSSR count). The molecule has 0 fully saturated rings. The molecule has 1 N–H and O–H groups in total. The summed E-state index contributed by atoms with van der Waals surface area (Å²) in [7, 11) is 0. The highest BCUT2D eigenvalue weighted by atomic mass is 35.5. The highest BCUT2D eigenvalue weighted by Crippen LogP contribution is 2.24. The van der Waals surface area contributed by atoms with E-state index in [9.17, 15) is 0 Å². The van der Waals surface area contributed by atoms with Gasteiger partial charge in [-0.15, -0.1) is 0 Å². The first-order valence-corrected chi connectivity index (χ1v) is 7.01. The Morgan fingerprint density at radius 3 is 2.95 bits per heavy atom. The SMILES string of the molecule is CCCc1nc(-c2cccc(Cl)c2)nc2c1CNC2. The molecule has 1 aliphatic rings. The summed E-state index contributed by atoms with van der Waals surface area (Å²) in [4.78, 5) is 9.41. The molecule has 0 unspecified atom stereocenters. The summed E-state index contributed by atoms with van der Waals surface area (Å²) >= 11 is 6.05. The fourth-order valence-electron chi connectivity index (χ4n) is 2.44. The number of nitrogens with one attached hydrogen (secondary N) is 1. The average Bonchev–Trinajstić information content (AvgIpc) is 2.87. The summed E-state index contributed by atoms with van der Waals surface area (Å²) in [5, 5.41) is 4.07. The lowest BCUT2D eigenvalue weighted by atomic mass is 10.1. The van der Waals surface area contributed by atoms with Crippen LogP contribution >= 0.6 is 11.6 Å². The zero-order chi connectivity index (χ0) is 13.2. The van der Waals surface area contributed by atoms with Gasteiger partial charge in [0.05, 0.1) is 5.69 Å². The maximum Gasteiger partial charge on any atom is 0.159 e. The van der Waals surface area contributed by atoms with Gasteiger partial charge in [0, 0.05) is 34.9 Å². The quantitative estimate of drug-likeness (QED) is 0.932. The Bertz CT molecular complexity index is 610. The van der Waals surface area contributed by atoms with Gasteiger partial charge in [0.2, 0.25) is 0 Å². The van der Waals surface area contributed by atoms with Gasteiger partial charge < -0.3 is 5.32 Å². The van der Waals surface area contributed by atoms with Gasteiger partial charge in [0.1, 0.15) is 0 Å². The molecule has 2 heterocycles. The monoisotopic (exact) mass is 273 g/mol. The van der Waals surface area contributed by atoms with Crippen LogP contribution in [-0.4, -0.2) is 9.97 Å². The first kappa shape index (κ1) is 12.6. The molecule has 1 aromatic carbocycles. The van der Waals surface area contributed by atoms with Crippen LogP contribution in [0, 0.1) is 0 Å². The zero-order valence-electron chi connectivity index (χ0n) is 10.9. The molecule has 3 nitrogen and oxygen atoms in total. The van der Waals surface area contributed by atoms with Gasteiger partial charge in [0.15, 0.2) is 5.82 Å². The molecule has 0 aliphatic carbocycles. The van der Waals surface area contributed by atoms with E-state index in [-0.39, 0.29) is 0 Å². The zero-order valence-corrected chi connectivity index (χ0v) is 11.7. The molecule has 1 aromatic heterocycles. The van der Waals surface area contributed by atoms with Crippen LogP contribution < -0.4 is 5.32 Å². The Morgan fingerprint density at radius 2 is 2.16 bits per heavy atom. The van der Waals surface area contributed by atoms with Gasteiger partial charge in [-0.25, -0.2) is 9.97 Å². The van der Waals surface area contributed by atoms with Crippen molar-refractivity contribution in [2.75, 3.05) is 0 Å². The number of hydrogen-bond acceptors (Lipinski definition) is 3. The van der Waals surface area contributed by atoms with Crippen molar-refractivity contribution in [1.29, 1.82) is 0 Å². The van der Waals surface area contributed by atoms with Gasteiger partial charge in [-0.2, -0.15) is 0 Å². The molecule has 2 aromatic rings. The highest BCUT2D eigenvalue weighted by Gasteiger charge is 2.18. The van der Waals surface area contributed by atoms with E-state index in [1.807, 2.05) is 24.3 Å². The van der Waals surface area contributed by atoms with Crippen molar-refractivity contribution in [1.82, 2.24) is 15.3 Å². The molecule has 98 valence electrons. The Labute approximate surface area is 118 Å². The lowest BCUT2D eigenvalue weighted by molar-refractivity contribution is 0.753. The van der Waals surface area contributed by atoms with Crippen LogP contribution in [0.5, 0.6) is 0 Å². The number of rotatable bonds is 3. The van der Waals surface area contributed by atoms with E-state index in [0.29, 0.717) is 0 Å². The minimum atomic E-state index is 0.719. The summed E-state index contributed by atoms with van der Waals surface area (Å²) in [6, 6.07) is 7.73. The molecule has 1 aliphatic heterocycles. The number of fused-ring (bicyclic) bond motifs is 1. The van der Waals surface area contributed by atoms with Crippen molar-refractivity contribution >= 4 is 11.6 Å². The number of halogens is 1. The first-order chi connectivity index (χ1) is 9.28. The third-order valence-electron chi connectivity index (χ3n) is 3.34. The minimum Gasteiger partial charge on any atom is -0.307 e. The van der Waals surface area contributed by atoms with E-state index in [2.05, 4.69) is 17.2 Å². The van der Waals surface area contributed by atoms with Crippen molar-refractivity contribution in [2.45, 2.75) is 32.9 Å². The molecular formula is C15H16ClN3. The van der Waals surface area contributed by atoms with Crippen molar-refractivity contribution in [3.63, 3.8) is 0 Å². The topological polar surface area (TPSA) is 37.8 Å². The lowest BCUT2D eigenvalue weighted by Crippen LogP contribution is -2.03. The van der Waals surface area contributed by atoms with Crippen LogP contribution in [0.4, 0.5) is 0 Å². The number of aryl methyl sites for hydroxylation is 1. The van der Waals surface area contributed by atoms with E-state index >= 15 is 0 Å². The number of hydrogen-bond donors (Lipinski definition) is 1. The minimum absolute atomic E-state index is 0.719. The standard InChI is InChI=1S/C15H16ClN3/c1-2-4-13-12-8-17-9-14(12)19-15(18-13)10-5-3-6-11(16)7-10/h3,5-7,17H,2,4,8-9H2,1H3. The second kappa shape index (κ2) is 5.27. The highest BCUT2D eigenvalue weighted by molar-refractivity contribution is 6.30. The molecule has 0 saturated carbocycles. The van der Waals surface area contributed by atoms with Crippen LogP contribution in [0.3, 0.4) is 0 Å². The van der Waals surface area contributed by atoms with Crippen molar-refractivity contribution < 1.29 is 0 Å². The maximum atomic E-state index is 6.05. The third kappa shape index (κ3) is 2.48. The summed E-state index contributed by atoms with van der Waals surface area (Å²) < 4.78 is 0. The molecule has 0 bridgehead atoms. The van der Waals surface area contributed by atoms with Gasteiger partial charge in [0.25, 0.3) is 0 Å². The summed E-state index contributed by atoms with van der Waals surface area (Å²) in [6.07, 6.45) is 2.10. The number of aromatic nitrogens is 2. The predicted molar refractivity (Wildman–Crippen MR) is 77.0 cm³/mol. The smallest absolute Gasteiger partial charge is 0.159 e. The van der Waals surface area contributed by atoms with Crippen LogP contribution in [0.15, 0.2) is 24.3 Å². The van der Waals surface area contributed by atoms with E-state index in [4.69, 9.17) is 16.6 Å². The Hall–Kier alpha value is -1.45. The van der Waals surface area contributed by atoms with Crippen molar-refractivity contribution in [3.8, 4) is 11.4 Å². The van der Waals surface area contributed by atoms with Crippen molar-refractivity contribution in [3.05, 3.63) is 46.2 Å². The van der Waals surface area contributed by atoms with E-state index < -0.39 is 0 Å². The van der Waals surface area contributed by atoms with Gasteiger partial charge in [-0.3, -0.25) is 0 Å². The lowest BCUT2D eigenvalue weighted by Gasteiger charge is -2.09. The second-order valence-corrected chi connectivity index (χ2v) is 5.22. The van der Waals surface area contributed by atoms with Gasteiger partial charge in [-0.1, -0.05) is 37.1 Å². The normalized spacial score (nSPS) is 13.6. The Balaban J connectivity index is 2.10. The van der Waals surface area contributed by atoms with Crippen LogP contribution in [0.2, 0.25) is 5.02 Å². The second-order valence-electron chi connectivity index (χ2n) is 4.78. The molecule has 0 spiro atoms. The predicted octanol–water partition coefficient (Wildman–Crippen LogP) is 3.35. The fourth-order valence-corrected chi connectivity index (χ4v) is 2.63. The van der Waals surface area contributed by atoms with Gasteiger partial charge in [-0.05, 0) is 18.6 Å². The molecular weight excluding hydrogens is 258 g/mol. The molecule has 0 atom stereocenters. The Kier molecular flexibility index (Phi) is 3.49. The molecule has 0 saturated heterocycles. The fraction of sp³-hybridized carbons (Fsp3) is 0.333.